The van der Waals surface area contributed by atoms with Gasteiger partial charge in [0.05, 0.1) is 11.4 Å². The van der Waals surface area contributed by atoms with Crippen LogP contribution in [0.1, 0.15) is 58.4 Å². The summed E-state index contributed by atoms with van der Waals surface area (Å²) in [5.74, 6) is 0. The second-order valence-corrected chi connectivity index (χ2v) is 7.62. The lowest BCUT2D eigenvalue weighted by Crippen LogP contribution is -2.21. The second kappa shape index (κ2) is 4.76. The third-order valence-corrected chi connectivity index (χ3v) is 3.59. The van der Waals surface area contributed by atoms with Crippen LogP contribution in [0, 0.1) is 6.92 Å². The molecule has 0 bridgehead atoms. The van der Waals surface area contributed by atoms with Crippen molar-refractivity contribution >= 4 is 0 Å². The topological polar surface area (TPSA) is 17.8 Å². The van der Waals surface area contributed by atoms with Crippen LogP contribution in [-0.2, 0) is 10.8 Å². The Hall–Kier alpha value is -1.57. The van der Waals surface area contributed by atoms with Crippen molar-refractivity contribution in [3.05, 3.63) is 47.3 Å². The van der Waals surface area contributed by atoms with Crippen LogP contribution in [0.15, 0.2) is 30.5 Å². The molecule has 0 saturated carbocycles. The zero-order valence-electron chi connectivity index (χ0n) is 13.8. The molecule has 108 valence electrons. The molecule has 2 heteroatoms. The summed E-state index contributed by atoms with van der Waals surface area (Å²) in [5, 5.41) is 4.90. The first kappa shape index (κ1) is 14.8. The number of hydrogen-bond acceptors (Lipinski definition) is 1. The summed E-state index contributed by atoms with van der Waals surface area (Å²) in [7, 11) is 0. The summed E-state index contributed by atoms with van der Waals surface area (Å²) in [5.41, 5.74) is 5.08. The predicted molar refractivity (Wildman–Crippen MR) is 85.7 cm³/mol. The van der Waals surface area contributed by atoms with E-state index in [-0.39, 0.29) is 10.8 Å². The molecule has 0 saturated heterocycles. The van der Waals surface area contributed by atoms with Gasteiger partial charge in [-0.1, -0.05) is 59.7 Å². The van der Waals surface area contributed by atoms with Gasteiger partial charge in [0.2, 0.25) is 0 Å². The lowest BCUT2D eigenvalue weighted by atomic mass is 9.80. The van der Waals surface area contributed by atoms with Gasteiger partial charge < -0.3 is 0 Å². The van der Waals surface area contributed by atoms with Crippen molar-refractivity contribution in [3.63, 3.8) is 0 Å². The van der Waals surface area contributed by atoms with Gasteiger partial charge in [0, 0.05) is 11.6 Å². The van der Waals surface area contributed by atoms with Gasteiger partial charge in [-0.25, -0.2) is 4.68 Å². The number of benzene rings is 1. The minimum atomic E-state index is 0.0521. The third-order valence-electron chi connectivity index (χ3n) is 3.59. The molecule has 2 aromatic rings. The number of aryl methyl sites for hydroxylation is 1. The van der Waals surface area contributed by atoms with E-state index < -0.39 is 0 Å². The van der Waals surface area contributed by atoms with E-state index in [4.69, 9.17) is 5.10 Å². The molecule has 0 amide bonds. The molecule has 0 atom stereocenters. The van der Waals surface area contributed by atoms with Crippen molar-refractivity contribution < 1.29 is 0 Å². The summed E-state index contributed by atoms with van der Waals surface area (Å²) in [6.07, 6.45) is 2.20. The molecule has 2 nitrogen and oxygen atoms in total. The SMILES string of the molecule is Cc1ccccc1-n1cc(C(C)(C)C)c(C(C)(C)C)n1. The summed E-state index contributed by atoms with van der Waals surface area (Å²) in [6.45, 7) is 15.6. The van der Waals surface area contributed by atoms with E-state index >= 15 is 0 Å². The number of aromatic nitrogens is 2. The van der Waals surface area contributed by atoms with E-state index in [0.29, 0.717) is 0 Å². The molecule has 0 unspecified atom stereocenters. The number of para-hydroxylation sites is 1. The molecule has 1 aromatic carbocycles. The first-order valence-corrected chi connectivity index (χ1v) is 7.27. The Morgan fingerprint density at radius 3 is 1.95 bits per heavy atom. The molecule has 0 radical (unpaired) electrons. The Bertz CT molecular complexity index is 576. The van der Waals surface area contributed by atoms with Crippen molar-refractivity contribution in [2.45, 2.75) is 59.3 Å². The Labute approximate surface area is 122 Å². The van der Waals surface area contributed by atoms with Crippen LogP contribution in [0.25, 0.3) is 5.69 Å². The van der Waals surface area contributed by atoms with Gasteiger partial charge in [-0.3, -0.25) is 0 Å². The van der Waals surface area contributed by atoms with Crippen molar-refractivity contribution in [2.24, 2.45) is 0 Å². The van der Waals surface area contributed by atoms with Crippen molar-refractivity contribution in [3.8, 4) is 5.69 Å². The number of rotatable bonds is 1. The fourth-order valence-electron chi connectivity index (χ4n) is 2.42. The zero-order valence-corrected chi connectivity index (χ0v) is 13.8. The molecule has 0 fully saturated rings. The van der Waals surface area contributed by atoms with Crippen LogP contribution < -0.4 is 0 Å². The average molecular weight is 270 g/mol. The monoisotopic (exact) mass is 270 g/mol. The normalized spacial score (nSPS) is 12.8. The van der Waals surface area contributed by atoms with E-state index in [2.05, 4.69) is 78.9 Å². The first-order chi connectivity index (χ1) is 9.10. The van der Waals surface area contributed by atoms with E-state index in [1.165, 1.54) is 16.8 Å². The van der Waals surface area contributed by atoms with Crippen LogP contribution in [0.5, 0.6) is 0 Å². The van der Waals surface area contributed by atoms with Gasteiger partial charge in [-0.2, -0.15) is 5.10 Å². The van der Waals surface area contributed by atoms with Crippen LogP contribution in [-0.4, -0.2) is 9.78 Å². The third kappa shape index (κ3) is 2.79. The van der Waals surface area contributed by atoms with Crippen LogP contribution in [0.4, 0.5) is 0 Å². The fraction of sp³-hybridized carbons (Fsp3) is 0.500. The van der Waals surface area contributed by atoms with E-state index in [1.54, 1.807) is 0 Å². The largest absolute Gasteiger partial charge is 0.240 e. The molecule has 0 spiro atoms. The van der Waals surface area contributed by atoms with Gasteiger partial charge in [-0.05, 0) is 29.5 Å². The summed E-state index contributed by atoms with van der Waals surface area (Å²) in [6, 6.07) is 8.39. The molecular formula is C18H26N2. The van der Waals surface area contributed by atoms with Crippen LogP contribution in [0.2, 0.25) is 0 Å². The molecule has 1 aromatic heterocycles. The molecule has 0 aliphatic carbocycles. The van der Waals surface area contributed by atoms with E-state index in [9.17, 15) is 0 Å². The summed E-state index contributed by atoms with van der Waals surface area (Å²) >= 11 is 0. The minimum Gasteiger partial charge on any atom is -0.240 e. The van der Waals surface area contributed by atoms with Gasteiger partial charge in [0.25, 0.3) is 0 Å². The number of nitrogens with zero attached hydrogens (tertiary/aromatic N) is 2. The Morgan fingerprint density at radius 1 is 0.900 bits per heavy atom. The molecule has 1 heterocycles. The van der Waals surface area contributed by atoms with Crippen LogP contribution in [0.3, 0.4) is 0 Å². The molecule has 0 aliphatic rings. The quantitative estimate of drug-likeness (QED) is 0.729. The lowest BCUT2D eigenvalue weighted by molar-refractivity contribution is 0.518. The molecule has 2 rings (SSSR count). The highest BCUT2D eigenvalue weighted by atomic mass is 15.3. The van der Waals surface area contributed by atoms with Gasteiger partial charge in [-0.15, -0.1) is 0 Å². The first-order valence-electron chi connectivity index (χ1n) is 7.27. The standard InChI is InChI=1S/C18H26N2/c1-13-10-8-9-11-15(13)20-12-14(17(2,3)4)16(19-20)18(5,6)7/h8-12H,1-7H3. The van der Waals surface area contributed by atoms with E-state index in [0.717, 1.165) is 5.69 Å². The highest BCUT2D eigenvalue weighted by Gasteiger charge is 2.29. The van der Waals surface area contributed by atoms with Gasteiger partial charge >= 0.3 is 0 Å². The highest BCUT2D eigenvalue weighted by Crippen LogP contribution is 2.33. The Kier molecular flexibility index (Phi) is 3.53. The van der Waals surface area contributed by atoms with Crippen molar-refractivity contribution in [1.82, 2.24) is 9.78 Å². The minimum absolute atomic E-state index is 0.0521. The maximum Gasteiger partial charge on any atom is 0.0719 e. The average Bonchev–Trinajstić information content (AvgIpc) is 2.73. The zero-order chi connectivity index (χ0) is 15.1. The Morgan fingerprint density at radius 2 is 1.50 bits per heavy atom. The predicted octanol–water partition coefficient (Wildman–Crippen LogP) is 4.78. The van der Waals surface area contributed by atoms with Gasteiger partial charge in [0.15, 0.2) is 0 Å². The summed E-state index contributed by atoms with van der Waals surface area (Å²) < 4.78 is 2.04. The summed E-state index contributed by atoms with van der Waals surface area (Å²) in [4.78, 5) is 0. The smallest absolute Gasteiger partial charge is 0.0719 e. The van der Waals surface area contributed by atoms with E-state index in [1.807, 2.05) is 4.68 Å². The fourth-order valence-corrected chi connectivity index (χ4v) is 2.42. The molecule has 0 aliphatic heterocycles. The van der Waals surface area contributed by atoms with Crippen LogP contribution >= 0.6 is 0 Å². The molecule has 20 heavy (non-hydrogen) atoms. The van der Waals surface area contributed by atoms with Crippen molar-refractivity contribution in [2.75, 3.05) is 0 Å². The van der Waals surface area contributed by atoms with Crippen molar-refractivity contribution in [1.29, 1.82) is 0 Å². The Balaban J connectivity index is 2.65. The second-order valence-electron chi connectivity index (χ2n) is 7.62. The number of hydrogen-bond donors (Lipinski definition) is 0. The highest BCUT2D eigenvalue weighted by molar-refractivity contribution is 5.42. The van der Waals surface area contributed by atoms with Gasteiger partial charge in [0.1, 0.15) is 0 Å². The molecule has 0 N–H and O–H groups in total. The maximum atomic E-state index is 4.90. The lowest BCUT2D eigenvalue weighted by Gasteiger charge is -2.24. The maximum absolute atomic E-state index is 4.90. The molecular weight excluding hydrogens is 244 g/mol.